The summed E-state index contributed by atoms with van der Waals surface area (Å²) >= 11 is 0. The number of hydrogen-bond donors (Lipinski definition) is 1. The SMILES string of the molecule is C=CC(F)OCCN1CCCC(NC)C1. The largest absolute Gasteiger partial charge is 0.344 e. The molecule has 1 rings (SSSR count). The maximum absolute atomic E-state index is 12.7. The number of piperidine rings is 1. The maximum Gasteiger partial charge on any atom is 0.217 e. The van der Waals surface area contributed by atoms with Crippen LogP contribution >= 0.6 is 0 Å². The third-order valence-electron chi connectivity index (χ3n) is 2.78. The van der Waals surface area contributed by atoms with Crippen LogP contribution in [0.15, 0.2) is 12.7 Å². The lowest BCUT2D eigenvalue weighted by molar-refractivity contribution is -0.0148. The molecule has 0 aromatic carbocycles. The first-order chi connectivity index (χ1) is 7.26. The van der Waals surface area contributed by atoms with Crippen molar-refractivity contribution in [2.24, 2.45) is 0 Å². The van der Waals surface area contributed by atoms with E-state index < -0.39 is 6.36 Å². The fraction of sp³-hybridized carbons (Fsp3) is 0.818. The monoisotopic (exact) mass is 216 g/mol. The molecule has 0 saturated carbocycles. The second kappa shape index (κ2) is 6.93. The average molecular weight is 216 g/mol. The lowest BCUT2D eigenvalue weighted by atomic mass is 10.1. The molecule has 0 aliphatic carbocycles. The van der Waals surface area contributed by atoms with Gasteiger partial charge in [-0.25, -0.2) is 4.39 Å². The third-order valence-corrected chi connectivity index (χ3v) is 2.78. The number of hydrogen-bond acceptors (Lipinski definition) is 3. The highest BCUT2D eigenvalue weighted by atomic mass is 19.1. The van der Waals surface area contributed by atoms with Gasteiger partial charge in [0.15, 0.2) is 0 Å². The molecule has 0 aromatic heterocycles. The van der Waals surface area contributed by atoms with Gasteiger partial charge in [-0.05, 0) is 32.5 Å². The van der Waals surface area contributed by atoms with Crippen LogP contribution in [0, 0.1) is 0 Å². The van der Waals surface area contributed by atoms with E-state index in [0.717, 1.165) is 19.6 Å². The predicted molar refractivity (Wildman–Crippen MR) is 59.6 cm³/mol. The van der Waals surface area contributed by atoms with Crippen LogP contribution in [0.25, 0.3) is 0 Å². The Morgan fingerprint density at radius 2 is 2.53 bits per heavy atom. The predicted octanol–water partition coefficient (Wildman–Crippen LogP) is 1.17. The summed E-state index contributed by atoms with van der Waals surface area (Å²) in [5.74, 6) is 0. The minimum Gasteiger partial charge on any atom is -0.344 e. The average Bonchev–Trinajstić information content (AvgIpc) is 2.29. The number of likely N-dealkylation sites (tertiary alicyclic amines) is 1. The fourth-order valence-electron chi connectivity index (χ4n) is 1.86. The number of halogens is 1. The number of rotatable bonds is 6. The topological polar surface area (TPSA) is 24.5 Å². The van der Waals surface area contributed by atoms with Crippen molar-refractivity contribution in [1.29, 1.82) is 0 Å². The zero-order valence-electron chi connectivity index (χ0n) is 9.42. The Kier molecular flexibility index (Phi) is 5.83. The highest BCUT2D eigenvalue weighted by Crippen LogP contribution is 2.09. The van der Waals surface area contributed by atoms with E-state index in [-0.39, 0.29) is 0 Å². The first-order valence-electron chi connectivity index (χ1n) is 5.54. The van der Waals surface area contributed by atoms with Crippen LogP contribution in [0.1, 0.15) is 12.8 Å². The number of alkyl halides is 1. The molecule has 1 aliphatic heterocycles. The summed E-state index contributed by atoms with van der Waals surface area (Å²) in [6, 6.07) is 0.569. The summed E-state index contributed by atoms with van der Waals surface area (Å²) in [4.78, 5) is 2.31. The molecule has 0 amide bonds. The Bertz CT molecular complexity index is 189. The summed E-state index contributed by atoms with van der Waals surface area (Å²) in [5, 5.41) is 3.27. The van der Waals surface area contributed by atoms with E-state index in [2.05, 4.69) is 16.8 Å². The van der Waals surface area contributed by atoms with E-state index in [4.69, 9.17) is 4.74 Å². The van der Waals surface area contributed by atoms with Crippen molar-refractivity contribution in [3.63, 3.8) is 0 Å². The highest BCUT2D eigenvalue weighted by Gasteiger charge is 2.17. The minimum absolute atomic E-state index is 0.434. The lowest BCUT2D eigenvalue weighted by Gasteiger charge is -2.32. The molecule has 0 bridgehead atoms. The van der Waals surface area contributed by atoms with E-state index in [1.807, 2.05) is 7.05 Å². The van der Waals surface area contributed by atoms with Gasteiger partial charge < -0.3 is 10.1 Å². The van der Waals surface area contributed by atoms with Crippen molar-refractivity contribution in [3.05, 3.63) is 12.7 Å². The maximum atomic E-state index is 12.7. The summed E-state index contributed by atoms with van der Waals surface area (Å²) in [6.07, 6.45) is 2.28. The first-order valence-corrected chi connectivity index (χ1v) is 5.54. The van der Waals surface area contributed by atoms with E-state index >= 15 is 0 Å². The summed E-state index contributed by atoms with van der Waals surface area (Å²) in [7, 11) is 1.99. The van der Waals surface area contributed by atoms with Gasteiger partial charge in [0.2, 0.25) is 6.36 Å². The second-order valence-corrected chi connectivity index (χ2v) is 3.89. The van der Waals surface area contributed by atoms with Gasteiger partial charge >= 0.3 is 0 Å². The van der Waals surface area contributed by atoms with Gasteiger partial charge in [0.05, 0.1) is 6.61 Å². The molecule has 0 radical (unpaired) electrons. The van der Waals surface area contributed by atoms with Gasteiger partial charge in [0.25, 0.3) is 0 Å². The molecular weight excluding hydrogens is 195 g/mol. The summed E-state index contributed by atoms with van der Waals surface area (Å²) < 4.78 is 17.6. The molecule has 0 spiro atoms. The van der Waals surface area contributed by atoms with Crippen molar-refractivity contribution < 1.29 is 9.13 Å². The van der Waals surface area contributed by atoms with Crippen molar-refractivity contribution in [3.8, 4) is 0 Å². The zero-order valence-corrected chi connectivity index (χ0v) is 9.42. The van der Waals surface area contributed by atoms with Gasteiger partial charge in [-0.3, -0.25) is 4.90 Å². The number of ether oxygens (including phenoxy) is 1. The third kappa shape index (κ3) is 4.73. The second-order valence-electron chi connectivity index (χ2n) is 3.89. The summed E-state index contributed by atoms with van der Waals surface area (Å²) in [6.45, 7) is 6.68. The Hall–Kier alpha value is -0.450. The molecule has 4 heteroatoms. The Morgan fingerprint density at radius 3 is 3.20 bits per heavy atom. The number of likely N-dealkylation sites (N-methyl/N-ethyl adjacent to an activating group) is 1. The van der Waals surface area contributed by atoms with E-state index in [1.54, 1.807) is 0 Å². The van der Waals surface area contributed by atoms with Gasteiger partial charge in [0.1, 0.15) is 0 Å². The zero-order chi connectivity index (χ0) is 11.1. The lowest BCUT2D eigenvalue weighted by Crippen LogP contribution is -2.45. The van der Waals surface area contributed by atoms with Crippen molar-refractivity contribution in [1.82, 2.24) is 10.2 Å². The molecule has 88 valence electrons. The molecule has 2 atom stereocenters. The molecule has 1 aliphatic rings. The van der Waals surface area contributed by atoms with Crippen molar-refractivity contribution in [2.45, 2.75) is 25.2 Å². The van der Waals surface area contributed by atoms with Crippen molar-refractivity contribution >= 4 is 0 Å². The molecule has 2 unspecified atom stereocenters. The van der Waals surface area contributed by atoms with Gasteiger partial charge in [-0.15, -0.1) is 0 Å². The Morgan fingerprint density at radius 1 is 1.73 bits per heavy atom. The molecule has 0 aromatic rings. The van der Waals surface area contributed by atoms with Gasteiger partial charge in [0, 0.05) is 19.1 Å². The quantitative estimate of drug-likeness (QED) is 0.674. The van der Waals surface area contributed by atoms with Gasteiger partial charge in [-0.2, -0.15) is 0 Å². The molecular formula is C11H21FN2O. The van der Waals surface area contributed by atoms with Crippen LogP contribution in [-0.2, 0) is 4.74 Å². The van der Waals surface area contributed by atoms with Gasteiger partial charge in [-0.1, -0.05) is 6.58 Å². The number of nitrogens with one attached hydrogen (secondary N) is 1. The van der Waals surface area contributed by atoms with Crippen molar-refractivity contribution in [2.75, 3.05) is 33.3 Å². The van der Waals surface area contributed by atoms with Crippen LogP contribution in [-0.4, -0.2) is 50.6 Å². The normalized spacial score (nSPS) is 25.1. The highest BCUT2D eigenvalue weighted by molar-refractivity contribution is 4.77. The molecule has 1 heterocycles. The Labute approximate surface area is 91.3 Å². The smallest absolute Gasteiger partial charge is 0.217 e. The number of nitrogens with zero attached hydrogens (tertiary/aromatic N) is 1. The van der Waals surface area contributed by atoms with Crippen LogP contribution in [0.2, 0.25) is 0 Å². The molecule has 3 nitrogen and oxygen atoms in total. The first kappa shape index (κ1) is 12.6. The van der Waals surface area contributed by atoms with E-state index in [1.165, 1.54) is 18.9 Å². The minimum atomic E-state index is -1.32. The molecule has 1 saturated heterocycles. The summed E-state index contributed by atoms with van der Waals surface area (Å²) in [5.41, 5.74) is 0. The van der Waals surface area contributed by atoms with E-state index in [0.29, 0.717) is 12.6 Å². The van der Waals surface area contributed by atoms with Crippen LogP contribution < -0.4 is 5.32 Å². The molecule has 1 N–H and O–H groups in total. The fourth-order valence-corrected chi connectivity index (χ4v) is 1.86. The Balaban J connectivity index is 2.12. The molecule has 1 fully saturated rings. The van der Waals surface area contributed by atoms with Crippen LogP contribution in [0.3, 0.4) is 0 Å². The standard InChI is InChI=1S/C11H21FN2O/c1-3-11(12)15-8-7-14-6-4-5-10(9-14)13-2/h3,10-11,13H,1,4-9H2,2H3. The van der Waals surface area contributed by atoms with E-state index in [9.17, 15) is 4.39 Å². The van der Waals surface area contributed by atoms with Crippen LogP contribution in [0.5, 0.6) is 0 Å². The van der Waals surface area contributed by atoms with Crippen LogP contribution in [0.4, 0.5) is 4.39 Å². The molecule has 15 heavy (non-hydrogen) atoms.